The molecule has 7 heteroatoms. The van der Waals surface area contributed by atoms with Crippen LogP contribution in [0.5, 0.6) is 0 Å². The van der Waals surface area contributed by atoms with Gasteiger partial charge in [0, 0.05) is 22.2 Å². The molecule has 0 saturated carbocycles. The third kappa shape index (κ3) is 4.28. The van der Waals surface area contributed by atoms with Gasteiger partial charge in [0.25, 0.3) is 0 Å². The predicted octanol–water partition coefficient (Wildman–Crippen LogP) is -4.31. The fourth-order valence-corrected chi connectivity index (χ4v) is 5.04. The highest BCUT2D eigenvalue weighted by Gasteiger charge is 2.32. The van der Waals surface area contributed by atoms with E-state index in [9.17, 15) is 0 Å². The normalized spacial score (nSPS) is 12.3. The molecular formula is C12H7Cl2IO4. The molecule has 1 heterocycles. The number of benzene rings is 2. The third-order valence-electron chi connectivity index (χ3n) is 2.30. The monoisotopic (exact) mass is 412 g/mol. The fourth-order valence-electron chi connectivity index (χ4n) is 1.66. The van der Waals surface area contributed by atoms with Gasteiger partial charge in [-0.3, -0.25) is 0 Å². The van der Waals surface area contributed by atoms with E-state index in [-0.39, 0.29) is 21.2 Å². The summed E-state index contributed by atoms with van der Waals surface area (Å²) in [6.07, 6.45) is 0. The van der Waals surface area contributed by atoms with Gasteiger partial charge in [-0.25, -0.2) is 18.6 Å². The minimum atomic E-state index is -4.94. The minimum Gasteiger partial charge on any atom is -0.222 e. The average Bonchev–Trinajstić information content (AvgIpc) is 2.63. The van der Waals surface area contributed by atoms with E-state index in [4.69, 9.17) is 30.2 Å². The predicted molar refractivity (Wildman–Crippen MR) is 54.3 cm³/mol. The van der Waals surface area contributed by atoms with Crippen LogP contribution in [-0.2, 0) is 0 Å². The Morgan fingerprint density at radius 1 is 0.842 bits per heavy atom. The van der Waals surface area contributed by atoms with Crippen LogP contribution in [0.25, 0.3) is 11.1 Å². The van der Waals surface area contributed by atoms with Gasteiger partial charge < -0.3 is 0 Å². The van der Waals surface area contributed by atoms with E-state index in [1.807, 2.05) is 6.07 Å². The van der Waals surface area contributed by atoms with Crippen molar-refractivity contribution in [1.29, 1.82) is 0 Å². The van der Waals surface area contributed by atoms with Crippen LogP contribution in [0.4, 0.5) is 0 Å². The van der Waals surface area contributed by atoms with Crippen LogP contribution >= 0.6 is 11.6 Å². The van der Waals surface area contributed by atoms with E-state index in [2.05, 4.69) is 36.4 Å². The number of rotatable bonds is 0. The lowest BCUT2D eigenvalue weighted by atomic mass is 10.1. The number of hydrogen-bond donors (Lipinski definition) is 0. The highest BCUT2D eigenvalue weighted by molar-refractivity contribution is 6.30. The molecule has 4 nitrogen and oxygen atoms in total. The number of halogens is 3. The van der Waals surface area contributed by atoms with Crippen molar-refractivity contribution in [3.05, 3.63) is 54.6 Å². The molecule has 0 spiro atoms. The molecule has 0 saturated heterocycles. The van der Waals surface area contributed by atoms with Crippen LogP contribution in [0.15, 0.2) is 42.5 Å². The lowest BCUT2D eigenvalue weighted by molar-refractivity contribution is -2.00. The minimum absolute atomic E-state index is 0.00155. The maximum Gasteiger partial charge on any atom is 0.359 e. The second-order valence-corrected chi connectivity index (χ2v) is 7.63. The van der Waals surface area contributed by atoms with Crippen LogP contribution in [0, 0.1) is 17.4 Å². The van der Waals surface area contributed by atoms with Gasteiger partial charge in [0.05, 0.1) is 0 Å². The first-order chi connectivity index (χ1) is 8.84. The van der Waals surface area contributed by atoms with E-state index in [0.717, 1.165) is 5.02 Å². The second kappa shape index (κ2) is 5.92. The molecule has 1 aliphatic rings. The van der Waals surface area contributed by atoms with Crippen LogP contribution in [0.2, 0.25) is 5.02 Å². The van der Waals surface area contributed by atoms with Crippen molar-refractivity contribution in [1.82, 2.24) is 0 Å². The first-order valence-corrected chi connectivity index (χ1v) is 8.77. The topological polar surface area (TPSA) is 92.2 Å². The zero-order valence-corrected chi connectivity index (χ0v) is 13.0. The van der Waals surface area contributed by atoms with Crippen molar-refractivity contribution in [3.8, 4) is 11.1 Å². The van der Waals surface area contributed by atoms with Crippen LogP contribution in [-0.4, -0.2) is 0 Å². The summed E-state index contributed by atoms with van der Waals surface area (Å²) >= 11 is 5.99. The first-order valence-electron chi connectivity index (χ1n) is 5.00. The molecule has 19 heavy (non-hydrogen) atoms. The zero-order chi connectivity index (χ0) is 14.0. The van der Waals surface area contributed by atoms with Crippen molar-refractivity contribution in [2.75, 3.05) is 0 Å². The van der Waals surface area contributed by atoms with Crippen molar-refractivity contribution in [2.24, 2.45) is 0 Å². The summed E-state index contributed by atoms with van der Waals surface area (Å²) < 4.78 is 36.9. The van der Waals surface area contributed by atoms with Gasteiger partial charge in [-0.2, -0.15) is 0 Å². The third-order valence-corrected chi connectivity index (χ3v) is 5.53. The highest BCUT2D eigenvalue weighted by atomic mass is 127. The number of hydrogen-bond acceptors (Lipinski definition) is 4. The fraction of sp³-hybridized carbons (Fsp3) is 0. The Morgan fingerprint density at radius 3 is 2.11 bits per heavy atom. The Hall–Kier alpha value is -0.410. The van der Waals surface area contributed by atoms with Gasteiger partial charge in [0.15, 0.2) is 0 Å². The molecule has 100 valence electrons. The van der Waals surface area contributed by atoms with Crippen molar-refractivity contribution >= 4 is 11.6 Å². The maximum atomic E-state index is 8.49. The average molecular weight is 413 g/mol. The molecule has 1 aliphatic heterocycles. The van der Waals surface area contributed by atoms with E-state index in [0.29, 0.717) is 0 Å². The molecule has 3 rings (SSSR count). The van der Waals surface area contributed by atoms with Crippen LogP contribution in [0.3, 0.4) is 0 Å². The molecule has 0 radical (unpaired) electrons. The summed E-state index contributed by atoms with van der Waals surface area (Å²) in [6, 6.07) is 14.9. The Kier molecular flexibility index (Phi) is 4.67. The SMILES string of the molecule is Clc1ccc2c(c1)[I+]c1ccccc1-2.[O-][Cl+3]([O-])([O-])[O-]. The molecule has 2 aromatic rings. The molecule has 2 aromatic carbocycles. The summed E-state index contributed by atoms with van der Waals surface area (Å²) in [6.45, 7) is 0. The first kappa shape index (κ1) is 15.0. The Balaban J connectivity index is 0.000000232. The number of fused-ring (bicyclic) bond motifs is 3. The maximum absolute atomic E-state index is 8.49. The van der Waals surface area contributed by atoms with Gasteiger partial charge in [-0.15, -0.1) is 10.2 Å². The molecule has 0 aliphatic carbocycles. The summed E-state index contributed by atoms with van der Waals surface area (Å²) in [5, 5.41) is 0.858. The van der Waals surface area contributed by atoms with Crippen LogP contribution in [0.1, 0.15) is 0 Å². The van der Waals surface area contributed by atoms with Gasteiger partial charge in [0.2, 0.25) is 7.14 Å². The molecule has 0 N–H and O–H groups in total. The van der Waals surface area contributed by atoms with Crippen molar-refractivity contribution in [2.45, 2.75) is 0 Å². The van der Waals surface area contributed by atoms with E-state index in [1.54, 1.807) is 0 Å². The Labute approximate surface area is 127 Å². The molecule has 0 unspecified atom stereocenters. The van der Waals surface area contributed by atoms with Gasteiger partial charge >= 0.3 is 21.2 Å². The zero-order valence-electron chi connectivity index (χ0n) is 9.31. The largest absolute Gasteiger partial charge is 0.359 e. The Bertz CT molecular complexity index is 593. The molecule has 0 atom stereocenters. The van der Waals surface area contributed by atoms with E-state index in [1.165, 1.54) is 18.3 Å². The smallest absolute Gasteiger partial charge is 0.222 e. The molecule has 0 bridgehead atoms. The van der Waals surface area contributed by atoms with Crippen LogP contribution < -0.4 is 39.8 Å². The van der Waals surface area contributed by atoms with Crippen molar-refractivity contribution in [3.63, 3.8) is 0 Å². The van der Waals surface area contributed by atoms with Gasteiger partial charge in [-0.1, -0.05) is 23.7 Å². The van der Waals surface area contributed by atoms with Crippen molar-refractivity contribution < 1.29 is 50.1 Å². The van der Waals surface area contributed by atoms with E-state index < -0.39 is 10.2 Å². The van der Waals surface area contributed by atoms with Gasteiger partial charge in [0.1, 0.15) is 0 Å². The highest BCUT2D eigenvalue weighted by Crippen LogP contribution is 2.23. The quantitative estimate of drug-likeness (QED) is 0.349. The molecule has 0 aromatic heterocycles. The summed E-state index contributed by atoms with van der Waals surface area (Å²) in [5.41, 5.74) is 2.80. The summed E-state index contributed by atoms with van der Waals surface area (Å²) in [5.74, 6) is 0. The second-order valence-electron chi connectivity index (χ2n) is 3.58. The lowest BCUT2D eigenvalue weighted by Gasteiger charge is -2.17. The molecule has 0 amide bonds. The van der Waals surface area contributed by atoms with Gasteiger partial charge in [-0.05, 0) is 24.3 Å². The molecular weight excluding hydrogens is 406 g/mol. The van der Waals surface area contributed by atoms with E-state index >= 15 is 0 Å². The Morgan fingerprint density at radius 2 is 1.42 bits per heavy atom. The lowest BCUT2D eigenvalue weighted by Crippen LogP contribution is -3.61. The summed E-state index contributed by atoms with van der Waals surface area (Å²) in [4.78, 5) is 0. The standard InChI is InChI=1S/C12H7ClI.ClHO4/c13-8-5-6-10-9-3-1-2-4-11(9)14-12(10)7-8;2-1(3,4)5/h1-7H;(H,2,3,4,5)/q+1;/p-1. The summed E-state index contributed by atoms with van der Waals surface area (Å²) in [7, 11) is -4.94. The molecule has 0 fully saturated rings.